The lowest BCUT2D eigenvalue weighted by Gasteiger charge is -2.23. The summed E-state index contributed by atoms with van der Waals surface area (Å²) in [5.74, 6) is -0.373. The van der Waals surface area contributed by atoms with Gasteiger partial charge in [-0.3, -0.25) is 0 Å². The van der Waals surface area contributed by atoms with Crippen LogP contribution >= 0.6 is 15.9 Å². The van der Waals surface area contributed by atoms with Crippen molar-refractivity contribution in [2.45, 2.75) is 25.4 Å². The molecule has 0 aromatic heterocycles. The van der Waals surface area contributed by atoms with Crippen LogP contribution in [0.25, 0.3) is 0 Å². The Morgan fingerprint density at radius 1 is 1.55 bits per heavy atom. The second-order valence-corrected chi connectivity index (χ2v) is 6.11. The Hall–Kier alpha value is -1.14. The van der Waals surface area contributed by atoms with Crippen LogP contribution in [0.5, 0.6) is 0 Å². The van der Waals surface area contributed by atoms with Gasteiger partial charge in [0.2, 0.25) is 0 Å². The summed E-state index contributed by atoms with van der Waals surface area (Å²) in [5, 5.41) is 12.3. The van der Waals surface area contributed by atoms with Crippen molar-refractivity contribution < 1.29 is 14.3 Å². The standard InChI is InChI=1S/C14H18BrFN2O2/c1-18(8-9-3-2-4-13(9)19)14(20)17-12-6-5-10(15)7-11(12)16/h5-7,9,13,19H,2-4,8H2,1H3,(H,17,20). The van der Waals surface area contributed by atoms with Gasteiger partial charge < -0.3 is 15.3 Å². The van der Waals surface area contributed by atoms with Crippen molar-refractivity contribution in [1.82, 2.24) is 4.90 Å². The van der Waals surface area contributed by atoms with Crippen molar-refractivity contribution in [3.63, 3.8) is 0 Å². The molecule has 0 saturated heterocycles. The number of halogens is 2. The third-order valence-corrected chi connectivity index (χ3v) is 4.14. The third kappa shape index (κ3) is 3.70. The highest BCUT2D eigenvalue weighted by atomic mass is 79.9. The zero-order valence-electron chi connectivity index (χ0n) is 11.3. The van der Waals surface area contributed by atoms with Crippen LogP contribution in [0.15, 0.2) is 22.7 Å². The van der Waals surface area contributed by atoms with Crippen LogP contribution < -0.4 is 5.32 Å². The number of carbonyl (C=O) groups is 1. The molecule has 2 rings (SSSR count). The van der Waals surface area contributed by atoms with E-state index in [1.807, 2.05) is 0 Å². The second kappa shape index (κ2) is 6.54. The predicted octanol–water partition coefficient (Wildman–Crippen LogP) is 3.21. The van der Waals surface area contributed by atoms with E-state index >= 15 is 0 Å². The average molecular weight is 345 g/mol. The number of hydrogen-bond donors (Lipinski definition) is 2. The highest BCUT2D eigenvalue weighted by Crippen LogP contribution is 2.26. The van der Waals surface area contributed by atoms with Crippen molar-refractivity contribution in [3.05, 3.63) is 28.5 Å². The maximum Gasteiger partial charge on any atom is 0.321 e. The van der Waals surface area contributed by atoms with Gasteiger partial charge in [0.05, 0.1) is 11.8 Å². The SMILES string of the molecule is CN(CC1CCCC1O)C(=O)Nc1ccc(Br)cc1F. The first-order valence-electron chi connectivity index (χ1n) is 6.62. The molecule has 2 amide bonds. The van der Waals surface area contributed by atoms with E-state index in [9.17, 15) is 14.3 Å². The van der Waals surface area contributed by atoms with Crippen LogP contribution in [0, 0.1) is 11.7 Å². The number of amides is 2. The molecule has 1 saturated carbocycles. The van der Waals surface area contributed by atoms with Crippen LogP contribution in [-0.2, 0) is 0 Å². The normalized spacial score (nSPS) is 21.8. The maximum absolute atomic E-state index is 13.6. The molecule has 4 nitrogen and oxygen atoms in total. The fourth-order valence-corrected chi connectivity index (χ4v) is 2.80. The Morgan fingerprint density at radius 3 is 2.90 bits per heavy atom. The molecule has 0 spiro atoms. The number of benzene rings is 1. The topological polar surface area (TPSA) is 52.6 Å². The molecular weight excluding hydrogens is 327 g/mol. The first-order chi connectivity index (χ1) is 9.47. The van der Waals surface area contributed by atoms with E-state index in [1.54, 1.807) is 13.1 Å². The molecule has 2 unspecified atom stereocenters. The molecule has 0 heterocycles. The number of aliphatic hydroxyl groups excluding tert-OH is 1. The highest BCUT2D eigenvalue weighted by molar-refractivity contribution is 9.10. The Labute approximate surface area is 126 Å². The Kier molecular flexibility index (Phi) is 4.99. The molecular formula is C14H18BrFN2O2. The summed E-state index contributed by atoms with van der Waals surface area (Å²) in [5.41, 5.74) is 0.150. The number of anilines is 1. The lowest BCUT2D eigenvalue weighted by molar-refractivity contribution is 0.116. The van der Waals surface area contributed by atoms with Crippen LogP contribution in [0.1, 0.15) is 19.3 Å². The van der Waals surface area contributed by atoms with Gasteiger partial charge in [0.25, 0.3) is 0 Å². The van der Waals surface area contributed by atoms with Gasteiger partial charge in [-0.25, -0.2) is 9.18 Å². The monoisotopic (exact) mass is 344 g/mol. The molecule has 1 aromatic rings. The first kappa shape index (κ1) is 15.3. The van der Waals surface area contributed by atoms with Gasteiger partial charge >= 0.3 is 6.03 Å². The third-order valence-electron chi connectivity index (χ3n) is 3.65. The summed E-state index contributed by atoms with van der Waals surface area (Å²) < 4.78 is 14.3. The Bertz CT molecular complexity index is 498. The molecule has 1 aliphatic rings. The fraction of sp³-hybridized carbons (Fsp3) is 0.500. The van der Waals surface area contributed by atoms with Gasteiger partial charge in [0.1, 0.15) is 5.82 Å². The van der Waals surface area contributed by atoms with Gasteiger partial charge in [-0.05, 0) is 31.0 Å². The fourth-order valence-electron chi connectivity index (χ4n) is 2.47. The number of hydrogen-bond acceptors (Lipinski definition) is 2. The summed E-state index contributed by atoms with van der Waals surface area (Å²) >= 11 is 3.17. The number of nitrogens with zero attached hydrogens (tertiary/aromatic N) is 1. The minimum atomic E-state index is -0.484. The summed E-state index contributed by atoms with van der Waals surface area (Å²) in [6.07, 6.45) is 2.37. The summed E-state index contributed by atoms with van der Waals surface area (Å²) in [4.78, 5) is 13.5. The van der Waals surface area contributed by atoms with E-state index in [-0.39, 0.29) is 23.7 Å². The average Bonchev–Trinajstić information content (AvgIpc) is 2.78. The molecule has 20 heavy (non-hydrogen) atoms. The number of urea groups is 1. The smallest absolute Gasteiger partial charge is 0.321 e. The number of carbonyl (C=O) groups excluding carboxylic acids is 1. The zero-order chi connectivity index (χ0) is 14.7. The van der Waals surface area contributed by atoms with E-state index in [0.717, 1.165) is 19.3 Å². The van der Waals surface area contributed by atoms with Crippen molar-refractivity contribution >= 4 is 27.6 Å². The zero-order valence-corrected chi connectivity index (χ0v) is 12.9. The number of rotatable bonds is 3. The molecule has 1 aliphatic carbocycles. The van der Waals surface area contributed by atoms with Crippen molar-refractivity contribution in [2.24, 2.45) is 5.92 Å². The molecule has 2 atom stereocenters. The van der Waals surface area contributed by atoms with Gasteiger partial charge in [-0.2, -0.15) is 0 Å². The molecule has 1 fully saturated rings. The van der Waals surface area contributed by atoms with Crippen LogP contribution in [0.3, 0.4) is 0 Å². The molecule has 0 bridgehead atoms. The molecule has 0 radical (unpaired) electrons. The molecule has 1 aromatic carbocycles. The minimum absolute atomic E-state index is 0.112. The summed E-state index contributed by atoms with van der Waals surface area (Å²) in [6.45, 7) is 0.477. The lowest BCUT2D eigenvalue weighted by Crippen LogP contribution is -2.37. The molecule has 0 aliphatic heterocycles. The van der Waals surface area contributed by atoms with E-state index in [1.165, 1.54) is 17.0 Å². The van der Waals surface area contributed by atoms with E-state index < -0.39 is 5.82 Å². The van der Waals surface area contributed by atoms with Gasteiger partial charge in [0, 0.05) is 24.0 Å². The number of nitrogens with one attached hydrogen (secondary N) is 1. The summed E-state index contributed by atoms with van der Waals surface area (Å²) in [7, 11) is 1.65. The molecule has 2 N–H and O–H groups in total. The van der Waals surface area contributed by atoms with Crippen LogP contribution in [0.4, 0.5) is 14.9 Å². The van der Waals surface area contributed by atoms with Gasteiger partial charge in [-0.15, -0.1) is 0 Å². The minimum Gasteiger partial charge on any atom is -0.393 e. The van der Waals surface area contributed by atoms with Crippen molar-refractivity contribution in [3.8, 4) is 0 Å². The number of aliphatic hydroxyl groups is 1. The highest BCUT2D eigenvalue weighted by Gasteiger charge is 2.27. The lowest BCUT2D eigenvalue weighted by atomic mass is 10.1. The van der Waals surface area contributed by atoms with E-state index in [2.05, 4.69) is 21.2 Å². The van der Waals surface area contributed by atoms with Crippen molar-refractivity contribution in [2.75, 3.05) is 18.9 Å². The quantitative estimate of drug-likeness (QED) is 0.884. The van der Waals surface area contributed by atoms with Gasteiger partial charge in [-0.1, -0.05) is 22.4 Å². The van der Waals surface area contributed by atoms with Crippen molar-refractivity contribution in [1.29, 1.82) is 0 Å². The predicted molar refractivity (Wildman–Crippen MR) is 79.1 cm³/mol. The largest absolute Gasteiger partial charge is 0.393 e. The Balaban J connectivity index is 1.93. The van der Waals surface area contributed by atoms with E-state index in [4.69, 9.17) is 0 Å². The first-order valence-corrected chi connectivity index (χ1v) is 7.42. The molecule has 110 valence electrons. The molecule has 6 heteroatoms. The van der Waals surface area contributed by atoms with Gasteiger partial charge in [0.15, 0.2) is 0 Å². The summed E-state index contributed by atoms with van der Waals surface area (Å²) in [6, 6.07) is 4.11. The Morgan fingerprint density at radius 2 is 2.30 bits per heavy atom. The van der Waals surface area contributed by atoms with E-state index in [0.29, 0.717) is 11.0 Å². The maximum atomic E-state index is 13.6. The second-order valence-electron chi connectivity index (χ2n) is 5.19. The van der Waals surface area contributed by atoms with Crippen LogP contribution in [-0.4, -0.2) is 35.7 Å². The van der Waals surface area contributed by atoms with Crippen LogP contribution in [0.2, 0.25) is 0 Å².